The molecular weight excluding hydrogens is 735 g/mol. The molecule has 2 aliphatic rings. The third kappa shape index (κ3) is 9.98. The van der Waals surface area contributed by atoms with Crippen LogP contribution in [0, 0.1) is 6.92 Å². The lowest BCUT2D eigenvalue weighted by atomic mass is 9.94. The lowest BCUT2D eigenvalue weighted by Crippen LogP contribution is -2.40. The topological polar surface area (TPSA) is 124 Å². The number of ether oxygens (including phenoxy) is 5. The summed E-state index contributed by atoms with van der Waals surface area (Å²) in [6.07, 6.45) is 9.47. The number of nitrogens with zero attached hydrogens (tertiary/aromatic N) is 4. The highest BCUT2D eigenvalue weighted by atomic mass is 16.5. The fraction of sp³-hybridized carbons (Fsp3) is 0.348. The van der Waals surface area contributed by atoms with Crippen molar-refractivity contribution < 1.29 is 33.3 Å². The normalized spacial score (nSPS) is 16.4. The first-order valence-electron chi connectivity index (χ1n) is 19.5. The van der Waals surface area contributed by atoms with Crippen LogP contribution < -0.4 is 29.0 Å². The number of benzene rings is 4. The minimum absolute atomic E-state index is 0.0254. The van der Waals surface area contributed by atoms with E-state index >= 15 is 0 Å². The van der Waals surface area contributed by atoms with Gasteiger partial charge in [0.05, 0.1) is 58.0 Å². The number of anilines is 1. The molecule has 0 aromatic heterocycles. The Hall–Kier alpha value is -6.30. The van der Waals surface area contributed by atoms with Crippen LogP contribution in [0.15, 0.2) is 82.9 Å². The minimum Gasteiger partial charge on any atom is -0.497 e. The van der Waals surface area contributed by atoms with Crippen LogP contribution in [0.2, 0.25) is 0 Å². The molecule has 2 atom stereocenters. The van der Waals surface area contributed by atoms with Gasteiger partial charge >= 0.3 is 0 Å². The molecule has 0 bridgehead atoms. The molecule has 0 saturated heterocycles. The van der Waals surface area contributed by atoms with Gasteiger partial charge in [0.2, 0.25) is 6.41 Å². The molecular formula is C46H53N5O7. The lowest BCUT2D eigenvalue weighted by Gasteiger charge is -2.32. The predicted octanol–water partition coefficient (Wildman–Crippen LogP) is 8.23. The third-order valence-corrected chi connectivity index (χ3v) is 10.3. The summed E-state index contributed by atoms with van der Waals surface area (Å²) in [5.74, 6) is 2.83. The number of aryl methyl sites for hydroxylation is 1. The van der Waals surface area contributed by atoms with Crippen molar-refractivity contribution in [3.63, 3.8) is 0 Å². The Balaban J connectivity index is 1.06. The largest absolute Gasteiger partial charge is 0.497 e. The van der Waals surface area contributed by atoms with Crippen molar-refractivity contribution >= 4 is 47.8 Å². The molecule has 2 aliphatic heterocycles. The van der Waals surface area contributed by atoms with Gasteiger partial charge in [0.1, 0.15) is 5.75 Å². The zero-order valence-corrected chi connectivity index (χ0v) is 34.4. The number of hydrogen-bond donors (Lipinski definition) is 1. The summed E-state index contributed by atoms with van der Waals surface area (Å²) in [5, 5.41) is 3.43. The van der Waals surface area contributed by atoms with Crippen LogP contribution in [0.3, 0.4) is 0 Å². The van der Waals surface area contributed by atoms with Gasteiger partial charge in [0, 0.05) is 68.1 Å². The highest BCUT2D eigenvalue weighted by Gasteiger charge is 2.25. The molecule has 304 valence electrons. The number of aliphatic imine (C=N–C) groups is 2. The lowest BCUT2D eigenvalue weighted by molar-refractivity contribution is -0.119. The van der Waals surface area contributed by atoms with Crippen molar-refractivity contribution in [1.82, 2.24) is 9.80 Å². The number of fused-ring (bicyclic) bond motifs is 1. The van der Waals surface area contributed by atoms with Gasteiger partial charge < -0.3 is 38.8 Å². The highest BCUT2D eigenvalue weighted by molar-refractivity contribution is 5.87. The summed E-state index contributed by atoms with van der Waals surface area (Å²) < 4.78 is 28.9. The highest BCUT2D eigenvalue weighted by Crippen LogP contribution is 2.37. The Kier molecular flexibility index (Phi) is 13.7. The SMILES string of the molecule is COc1ccc2c(c1)CN(C=O)C(/C=N\c1cc(OCCCOc3cc(/N=C\C4CC(c5ccc(NC(C)C)cc5)=CN4C)c(C=O)cc3OC)c(OC)cc1C)C2. The van der Waals surface area contributed by atoms with E-state index in [4.69, 9.17) is 33.7 Å². The van der Waals surface area contributed by atoms with E-state index in [0.717, 1.165) is 52.9 Å². The maximum Gasteiger partial charge on any atom is 0.210 e. The number of hydrogen-bond acceptors (Lipinski definition) is 11. The van der Waals surface area contributed by atoms with Crippen LogP contribution in [0.25, 0.3) is 5.57 Å². The number of aldehydes is 1. The molecule has 0 spiro atoms. The number of rotatable bonds is 18. The van der Waals surface area contributed by atoms with Crippen LogP contribution in [0.1, 0.15) is 59.3 Å². The summed E-state index contributed by atoms with van der Waals surface area (Å²) >= 11 is 0. The predicted molar refractivity (Wildman–Crippen MR) is 229 cm³/mol. The molecule has 0 fully saturated rings. The number of carbonyl (C=O) groups excluding carboxylic acids is 2. The summed E-state index contributed by atoms with van der Waals surface area (Å²) in [6, 6.07) is 21.8. The quantitative estimate of drug-likeness (QED) is 0.0604. The van der Waals surface area contributed by atoms with E-state index in [2.05, 4.69) is 54.5 Å². The van der Waals surface area contributed by atoms with Gasteiger partial charge in [0.15, 0.2) is 29.3 Å². The standard InChI is InChI=1S/C46H53N5O7/c1-30(2)49-37-12-9-32(10-13-37)34-19-38(50(4)26-34)24-48-42-23-46(44(56-7)21-36(42)28-52)58-16-8-15-57-45-22-41(31(3)17-43(45)55-6)47-25-39-18-33-11-14-40(54-5)20-35(33)27-51(39)29-53/h9-14,17,20-26,28-30,38-39,49H,8,15-16,18-19,27H2,1-7H3/b47-25-,48-24-. The van der Waals surface area contributed by atoms with Gasteiger partial charge in [0.25, 0.3) is 0 Å². The van der Waals surface area contributed by atoms with Crippen LogP contribution >= 0.6 is 0 Å². The minimum atomic E-state index is -0.194. The van der Waals surface area contributed by atoms with Gasteiger partial charge in [-0.25, -0.2) is 0 Å². The van der Waals surface area contributed by atoms with Crippen molar-refractivity contribution in [2.24, 2.45) is 9.98 Å². The summed E-state index contributed by atoms with van der Waals surface area (Å²) in [7, 11) is 6.81. The van der Waals surface area contributed by atoms with E-state index in [1.54, 1.807) is 38.4 Å². The summed E-state index contributed by atoms with van der Waals surface area (Å²) in [4.78, 5) is 37.5. The maximum atomic E-state index is 12.1. The molecule has 2 heterocycles. The number of methoxy groups -OCH3 is 3. The van der Waals surface area contributed by atoms with Crippen molar-refractivity contribution in [1.29, 1.82) is 0 Å². The maximum absolute atomic E-state index is 12.1. The van der Waals surface area contributed by atoms with Crippen LogP contribution in [-0.2, 0) is 17.8 Å². The molecule has 12 heteroatoms. The second-order valence-electron chi connectivity index (χ2n) is 14.7. The van der Waals surface area contributed by atoms with E-state index in [1.165, 1.54) is 11.1 Å². The first kappa shape index (κ1) is 41.3. The Morgan fingerprint density at radius 3 is 2.10 bits per heavy atom. The van der Waals surface area contributed by atoms with Crippen LogP contribution in [0.5, 0.6) is 28.7 Å². The number of amides is 1. The fourth-order valence-electron chi connectivity index (χ4n) is 7.08. The van der Waals surface area contributed by atoms with Crippen molar-refractivity contribution in [3.8, 4) is 28.7 Å². The first-order valence-corrected chi connectivity index (χ1v) is 19.5. The van der Waals surface area contributed by atoms with Gasteiger partial charge in [-0.2, -0.15) is 0 Å². The smallest absolute Gasteiger partial charge is 0.210 e. The Labute approximate surface area is 341 Å². The molecule has 2 unspecified atom stereocenters. The molecule has 1 amide bonds. The van der Waals surface area contributed by atoms with E-state index < -0.39 is 0 Å². The van der Waals surface area contributed by atoms with Crippen LogP contribution in [0.4, 0.5) is 17.1 Å². The first-order chi connectivity index (χ1) is 28.1. The molecule has 6 rings (SSSR count). The molecule has 1 N–H and O–H groups in total. The second kappa shape index (κ2) is 19.2. The van der Waals surface area contributed by atoms with E-state index in [9.17, 15) is 9.59 Å². The van der Waals surface area contributed by atoms with Crippen molar-refractivity contribution in [2.45, 2.75) is 64.7 Å². The van der Waals surface area contributed by atoms with Gasteiger partial charge in [-0.1, -0.05) is 18.2 Å². The van der Waals surface area contributed by atoms with Crippen LogP contribution in [-0.4, -0.2) is 94.6 Å². The molecule has 0 radical (unpaired) electrons. The van der Waals surface area contributed by atoms with Crippen molar-refractivity contribution in [3.05, 3.63) is 101 Å². The fourth-order valence-corrected chi connectivity index (χ4v) is 7.08. The molecule has 4 aromatic carbocycles. The van der Waals surface area contributed by atoms with Crippen molar-refractivity contribution in [2.75, 3.05) is 46.9 Å². The van der Waals surface area contributed by atoms with Gasteiger partial charge in [-0.3, -0.25) is 19.6 Å². The zero-order valence-electron chi connectivity index (χ0n) is 34.4. The summed E-state index contributed by atoms with van der Waals surface area (Å²) in [6.45, 7) is 7.34. The monoisotopic (exact) mass is 787 g/mol. The average molecular weight is 788 g/mol. The second-order valence-corrected chi connectivity index (χ2v) is 14.7. The Morgan fingerprint density at radius 2 is 1.45 bits per heavy atom. The van der Waals surface area contributed by atoms with E-state index in [0.29, 0.717) is 72.9 Å². The number of nitrogens with one attached hydrogen (secondary N) is 1. The van der Waals surface area contributed by atoms with E-state index in [1.807, 2.05) is 56.7 Å². The third-order valence-electron chi connectivity index (χ3n) is 10.3. The Morgan fingerprint density at radius 1 is 0.776 bits per heavy atom. The molecule has 58 heavy (non-hydrogen) atoms. The molecule has 12 nitrogen and oxygen atoms in total. The van der Waals surface area contributed by atoms with Gasteiger partial charge in [-0.05, 0) is 97.8 Å². The van der Waals surface area contributed by atoms with Gasteiger partial charge in [-0.15, -0.1) is 0 Å². The molecule has 0 saturated carbocycles. The molecule has 0 aliphatic carbocycles. The average Bonchev–Trinajstić information content (AvgIpc) is 3.61. The number of carbonyl (C=O) groups is 2. The van der Waals surface area contributed by atoms with E-state index in [-0.39, 0.29) is 12.1 Å². The Bertz CT molecular complexity index is 2160. The zero-order chi connectivity index (χ0) is 41.2. The molecule has 4 aromatic rings. The summed E-state index contributed by atoms with van der Waals surface area (Å²) in [5.41, 5.74) is 8.24.